The first kappa shape index (κ1) is 23.8. The van der Waals surface area contributed by atoms with E-state index in [-0.39, 0.29) is 22.4 Å². The van der Waals surface area contributed by atoms with Gasteiger partial charge >= 0.3 is 0 Å². The minimum atomic E-state index is 0.0541. The van der Waals surface area contributed by atoms with E-state index in [1.807, 2.05) is 62.5 Å². The summed E-state index contributed by atoms with van der Waals surface area (Å²) in [4.78, 5) is 23.9. The van der Waals surface area contributed by atoms with E-state index in [0.717, 1.165) is 35.1 Å². The first-order chi connectivity index (χ1) is 14.1. The summed E-state index contributed by atoms with van der Waals surface area (Å²) in [6.45, 7) is 12.7. The van der Waals surface area contributed by atoms with Gasteiger partial charge in [-0.25, -0.2) is 0 Å². The Morgan fingerprint density at radius 2 is 0.867 bits per heavy atom. The van der Waals surface area contributed by atoms with Crippen LogP contribution in [0.1, 0.15) is 67.2 Å². The average molecular weight is 405 g/mol. The molecule has 0 radical (unpaired) electrons. The molecular weight excluding hydrogens is 368 g/mol. The third-order valence-corrected chi connectivity index (χ3v) is 6.36. The molecule has 0 aromatic heterocycles. The van der Waals surface area contributed by atoms with E-state index < -0.39 is 0 Å². The lowest BCUT2D eigenvalue weighted by Crippen LogP contribution is -2.24. The van der Waals surface area contributed by atoms with Gasteiger partial charge in [-0.05, 0) is 59.8 Å². The highest BCUT2D eigenvalue weighted by atomic mass is 16.1. The fraction of sp³-hybridized carbons (Fsp3) is 0.429. The molecule has 0 bridgehead atoms. The molecule has 2 aliphatic carbocycles. The fourth-order valence-electron chi connectivity index (χ4n) is 4.20. The van der Waals surface area contributed by atoms with Crippen molar-refractivity contribution in [2.45, 2.75) is 67.2 Å². The third kappa shape index (κ3) is 6.01. The zero-order valence-corrected chi connectivity index (χ0v) is 19.4. The minimum Gasteiger partial charge on any atom is -0.295 e. The number of carbonyl (C=O) groups is 2. The van der Waals surface area contributed by atoms with Crippen molar-refractivity contribution in [2.75, 3.05) is 0 Å². The molecule has 0 aliphatic heterocycles. The smallest absolute Gasteiger partial charge is 0.158 e. The molecule has 0 fully saturated rings. The van der Waals surface area contributed by atoms with Gasteiger partial charge in [0.25, 0.3) is 0 Å². The summed E-state index contributed by atoms with van der Waals surface area (Å²) in [6.07, 6.45) is 23.2. The number of carbonyl (C=O) groups excluding carboxylic acids is 2. The zero-order valence-electron chi connectivity index (χ0n) is 19.4. The lowest BCUT2D eigenvalue weighted by Gasteiger charge is -2.32. The predicted molar refractivity (Wildman–Crippen MR) is 127 cm³/mol. The van der Waals surface area contributed by atoms with Gasteiger partial charge in [0.15, 0.2) is 11.6 Å². The maximum atomic E-state index is 12.0. The Kier molecular flexibility index (Phi) is 7.95. The highest BCUT2D eigenvalue weighted by Crippen LogP contribution is 2.40. The van der Waals surface area contributed by atoms with Gasteiger partial charge in [0.1, 0.15) is 0 Å². The van der Waals surface area contributed by atoms with Gasteiger partial charge in [-0.1, -0.05) is 88.5 Å². The molecule has 2 nitrogen and oxygen atoms in total. The minimum absolute atomic E-state index is 0.0541. The van der Waals surface area contributed by atoms with Gasteiger partial charge in [-0.2, -0.15) is 0 Å². The van der Waals surface area contributed by atoms with Crippen molar-refractivity contribution in [3.05, 3.63) is 83.1 Å². The molecular formula is C28H36O2. The van der Waals surface area contributed by atoms with Crippen molar-refractivity contribution >= 4 is 11.6 Å². The van der Waals surface area contributed by atoms with Crippen LogP contribution in [0.5, 0.6) is 0 Å². The van der Waals surface area contributed by atoms with E-state index in [2.05, 4.69) is 39.8 Å². The highest BCUT2D eigenvalue weighted by molar-refractivity contribution is 5.97. The number of Topliss-reactive ketones (excluding diaryl/α,β-unsaturated/α-hetero) is 2. The molecule has 0 heterocycles. The largest absolute Gasteiger partial charge is 0.295 e. The zero-order chi connectivity index (χ0) is 22.4. The van der Waals surface area contributed by atoms with Gasteiger partial charge < -0.3 is 0 Å². The van der Waals surface area contributed by atoms with Crippen molar-refractivity contribution in [2.24, 2.45) is 10.8 Å². The number of hydrogen-bond donors (Lipinski definition) is 0. The summed E-state index contributed by atoms with van der Waals surface area (Å²) < 4.78 is 0. The molecule has 0 saturated heterocycles. The van der Waals surface area contributed by atoms with Gasteiger partial charge in [-0.15, -0.1) is 0 Å². The molecule has 0 spiro atoms. The molecule has 0 N–H and O–H groups in total. The lowest BCUT2D eigenvalue weighted by molar-refractivity contribution is -0.117. The second kappa shape index (κ2) is 10.0. The molecule has 2 aliphatic rings. The Bertz CT molecular complexity index is 819. The van der Waals surface area contributed by atoms with Gasteiger partial charge in [0.05, 0.1) is 0 Å². The summed E-state index contributed by atoms with van der Waals surface area (Å²) >= 11 is 0. The number of ketones is 2. The van der Waals surface area contributed by atoms with E-state index in [1.54, 1.807) is 0 Å². The van der Waals surface area contributed by atoms with Crippen LogP contribution in [0, 0.1) is 10.8 Å². The summed E-state index contributed by atoms with van der Waals surface area (Å²) in [6, 6.07) is 0. The maximum Gasteiger partial charge on any atom is 0.158 e. The summed E-state index contributed by atoms with van der Waals surface area (Å²) in [5.74, 6) is 0.533. The van der Waals surface area contributed by atoms with Gasteiger partial charge in [0, 0.05) is 12.8 Å². The quantitative estimate of drug-likeness (QED) is 0.439. The Morgan fingerprint density at radius 1 is 0.567 bits per heavy atom. The summed E-state index contributed by atoms with van der Waals surface area (Å²) in [5, 5.41) is 0. The van der Waals surface area contributed by atoms with E-state index in [9.17, 15) is 9.59 Å². The van der Waals surface area contributed by atoms with Crippen LogP contribution in [0.25, 0.3) is 0 Å². The molecule has 160 valence electrons. The number of rotatable bonds is 6. The monoisotopic (exact) mass is 404 g/mol. The van der Waals surface area contributed by atoms with Gasteiger partial charge in [0.2, 0.25) is 0 Å². The molecule has 2 rings (SSSR count). The standard InChI is InChI=1S/C28H36O2/c1-21-23(27(3,4)19-17-25(21)29)15-13-11-9-7-8-10-12-14-16-24-22(2)26(30)18-20-28(24,5)6/h7-16H,17-20H2,1-6H3. The van der Waals surface area contributed by atoms with Crippen molar-refractivity contribution in [3.8, 4) is 0 Å². The Hall–Kier alpha value is -2.48. The Morgan fingerprint density at radius 3 is 1.20 bits per heavy atom. The van der Waals surface area contributed by atoms with Crippen LogP contribution in [0.15, 0.2) is 83.1 Å². The second-order valence-electron chi connectivity index (χ2n) is 9.56. The fourth-order valence-corrected chi connectivity index (χ4v) is 4.20. The van der Waals surface area contributed by atoms with Crippen LogP contribution in [-0.2, 0) is 9.59 Å². The predicted octanol–water partition coefficient (Wildman–Crippen LogP) is 7.18. The van der Waals surface area contributed by atoms with Crippen LogP contribution in [0.2, 0.25) is 0 Å². The molecule has 0 aromatic carbocycles. The molecule has 0 aromatic rings. The van der Waals surface area contributed by atoms with Crippen LogP contribution in [-0.4, -0.2) is 11.6 Å². The molecule has 0 atom stereocenters. The Balaban J connectivity index is 1.92. The number of allylic oxidation sites excluding steroid dienone is 14. The molecule has 2 heteroatoms. The van der Waals surface area contributed by atoms with Crippen molar-refractivity contribution in [1.82, 2.24) is 0 Å². The maximum absolute atomic E-state index is 12.0. The van der Waals surface area contributed by atoms with E-state index in [1.165, 1.54) is 0 Å². The average Bonchev–Trinajstić information content (AvgIpc) is 2.68. The second-order valence-corrected chi connectivity index (χ2v) is 9.56. The van der Waals surface area contributed by atoms with Gasteiger partial charge in [-0.3, -0.25) is 9.59 Å². The lowest BCUT2D eigenvalue weighted by atomic mass is 9.72. The molecule has 0 saturated carbocycles. The SMILES string of the molecule is CC1=C(C=CC=CC=CC=CC=CC2=C(C)C(=O)CCC2(C)C)C(C)(C)CCC1=O. The van der Waals surface area contributed by atoms with Crippen LogP contribution in [0.4, 0.5) is 0 Å². The molecule has 0 amide bonds. The first-order valence-corrected chi connectivity index (χ1v) is 10.9. The normalized spacial score (nSPS) is 22.9. The van der Waals surface area contributed by atoms with Crippen molar-refractivity contribution < 1.29 is 9.59 Å². The topological polar surface area (TPSA) is 34.1 Å². The van der Waals surface area contributed by atoms with Crippen molar-refractivity contribution in [3.63, 3.8) is 0 Å². The van der Waals surface area contributed by atoms with Crippen LogP contribution in [0.3, 0.4) is 0 Å². The highest BCUT2D eigenvalue weighted by Gasteiger charge is 2.31. The summed E-state index contributed by atoms with van der Waals surface area (Å²) in [5.41, 5.74) is 4.19. The van der Waals surface area contributed by atoms with E-state index >= 15 is 0 Å². The first-order valence-electron chi connectivity index (χ1n) is 10.9. The third-order valence-electron chi connectivity index (χ3n) is 6.36. The Labute approximate surface area is 182 Å². The molecule has 30 heavy (non-hydrogen) atoms. The number of hydrogen-bond acceptors (Lipinski definition) is 2. The van der Waals surface area contributed by atoms with Crippen LogP contribution >= 0.6 is 0 Å². The van der Waals surface area contributed by atoms with Crippen molar-refractivity contribution in [1.29, 1.82) is 0 Å². The van der Waals surface area contributed by atoms with E-state index in [4.69, 9.17) is 0 Å². The van der Waals surface area contributed by atoms with E-state index in [0.29, 0.717) is 12.8 Å². The summed E-state index contributed by atoms with van der Waals surface area (Å²) in [7, 11) is 0. The molecule has 0 unspecified atom stereocenters. The van der Waals surface area contributed by atoms with Crippen LogP contribution < -0.4 is 0 Å².